The molecule has 2 fully saturated rings. The van der Waals surface area contributed by atoms with E-state index in [-0.39, 0.29) is 24.5 Å². The first-order valence-electron chi connectivity index (χ1n) is 9.65. The molecule has 6 heteroatoms. The molecule has 1 aliphatic carbocycles. The van der Waals surface area contributed by atoms with Crippen molar-refractivity contribution in [3.05, 3.63) is 35.9 Å². The summed E-state index contributed by atoms with van der Waals surface area (Å²) in [5.41, 5.74) is 0.175. The number of hydrogen-bond acceptors (Lipinski definition) is 4. The highest BCUT2D eigenvalue weighted by molar-refractivity contribution is 6.07. The average molecular weight is 374 g/mol. The molecule has 27 heavy (non-hydrogen) atoms. The Morgan fingerprint density at radius 2 is 1.96 bits per heavy atom. The van der Waals surface area contributed by atoms with Gasteiger partial charge in [0.1, 0.15) is 5.54 Å². The molecule has 0 aromatic heterocycles. The van der Waals surface area contributed by atoms with Crippen molar-refractivity contribution in [1.29, 1.82) is 0 Å². The second-order valence-corrected chi connectivity index (χ2v) is 8.94. The van der Waals surface area contributed by atoms with E-state index in [0.29, 0.717) is 25.4 Å². The normalized spacial score (nSPS) is 28.4. The SMILES string of the molecule is C[C@@H]1CC(C)(C)C[C@]2(C1)NC(=O)N(C[C@@H](O)COCc1ccccc1)C2=O. The number of imide groups is 1. The van der Waals surface area contributed by atoms with E-state index in [1.165, 1.54) is 0 Å². The van der Waals surface area contributed by atoms with E-state index in [1.807, 2.05) is 30.3 Å². The zero-order valence-corrected chi connectivity index (χ0v) is 16.4. The van der Waals surface area contributed by atoms with Crippen molar-refractivity contribution in [3.63, 3.8) is 0 Å². The van der Waals surface area contributed by atoms with Gasteiger partial charge in [-0.2, -0.15) is 0 Å². The summed E-state index contributed by atoms with van der Waals surface area (Å²) in [6.07, 6.45) is 1.41. The second kappa shape index (κ2) is 7.60. The molecule has 3 amide bonds. The number of urea groups is 1. The molecular weight excluding hydrogens is 344 g/mol. The molecule has 1 saturated heterocycles. The van der Waals surface area contributed by atoms with Gasteiger partial charge in [-0.25, -0.2) is 4.79 Å². The largest absolute Gasteiger partial charge is 0.389 e. The van der Waals surface area contributed by atoms with Crippen LogP contribution in [0.1, 0.15) is 45.6 Å². The summed E-state index contributed by atoms with van der Waals surface area (Å²) in [7, 11) is 0. The number of hydrogen-bond donors (Lipinski definition) is 2. The molecule has 1 aromatic carbocycles. The van der Waals surface area contributed by atoms with Gasteiger partial charge in [0.2, 0.25) is 0 Å². The molecule has 2 aliphatic rings. The molecule has 148 valence electrons. The molecule has 1 aliphatic heterocycles. The lowest BCUT2D eigenvalue weighted by Crippen LogP contribution is -2.54. The molecule has 0 radical (unpaired) electrons. The Bertz CT molecular complexity index is 691. The summed E-state index contributed by atoms with van der Waals surface area (Å²) in [6, 6.07) is 9.26. The van der Waals surface area contributed by atoms with Crippen molar-refractivity contribution in [1.82, 2.24) is 10.2 Å². The quantitative estimate of drug-likeness (QED) is 0.751. The van der Waals surface area contributed by atoms with Crippen LogP contribution in [0.25, 0.3) is 0 Å². The number of amides is 3. The number of carbonyl (C=O) groups is 2. The third-order valence-corrected chi connectivity index (χ3v) is 5.44. The van der Waals surface area contributed by atoms with Crippen LogP contribution in [0.2, 0.25) is 0 Å². The Morgan fingerprint density at radius 3 is 2.63 bits per heavy atom. The number of nitrogens with one attached hydrogen (secondary N) is 1. The van der Waals surface area contributed by atoms with Gasteiger partial charge in [-0.05, 0) is 36.2 Å². The predicted octanol–water partition coefficient (Wildman–Crippen LogP) is 2.70. The maximum Gasteiger partial charge on any atom is 0.325 e. The minimum Gasteiger partial charge on any atom is -0.389 e. The highest BCUT2D eigenvalue weighted by Crippen LogP contribution is 2.46. The van der Waals surface area contributed by atoms with Crippen molar-refractivity contribution in [2.24, 2.45) is 11.3 Å². The lowest BCUT2D eigenvalue weighted by molar-refractivity contribution is -0.136. The fraction of sp³-hybridized carbons (Fsp3) is 0.619. The van der Waals surface area contributed by atoms with Crippen LogP contribution in [0, 0.1) is 11.3 Å². The minimum atomic E-state index is -0.910. The maximum atomic E-state index is 13.0. The van der Waals surface area contributed by atoms with Gasteiger partial charge >= 0.3 is 6.03 Å². The number of benzene rings is 1. The van der Waals surface area contributed by atoms with E-state index in [2.05, 4.69) is 26.1 Å². The van der Waals surface area contributed by atoms with Gasteiger partial charge in [-0.1, -0.05) is 51.1 Å². The highest BCUT2D eigenvalue weighted by Gasteiger charge is 2.56. The fourth-order valence-electron chi connectivity index (χ4n) is 4.82. The number of carbonyl (C=O) groups excluding carboxylic acids is 2. The van der Waals surface area contributed by atoms with Crippen LogP contribution < -0.4 is 5.32 Å². The molecule has 2 N–H and O–H groups in total. The summed E-state index contributed by atoms with van der Waals surface area (Å²) in [4.78, 5) is 26.7. The molecule has 3 rings (SSSR count). The summed E-state index contributed by atoms with van der Waals surface area (Å²) in [5.74, 6) is 0.145. The Kier molecular flexibility index (Phi) is 5.58. The number of ether oxygens (including phenoxy) is 1. The van der Waals surface area contributed by atoms with Crippen molar-refractivity contribution < 1.29 is 19.4 Å². The summed E-state index contributed by atoms with van der Waals surface area (Å²) < 4.78 is 5.53. The number of β-amino-alcohol motifs (C(OH)–C–C–N with tert-alkyl or cyclic N) is 1. The maximum absolute atomic E-state index is 13.0. The van der Waals surface area contributed by atoms with Gasteiger partial charge in [0.05, 0.1) is 25.9 Å². The van der Waals surface area contributed by atoms with E-state index in [4.69, 9.17) is 4.74 Å². The van der Waals surface area contributed by atoms with Gasteiger partial charge in [-0.3, -0.25) is 9.69 Å². The number of rotatable bonds is 6. The topological polar surface area (TPSA) is 78.9 Å². The number of aliphatic hydroxyl groups excluding tert-OH is 1. The average Bonchev–Trinajstić information content (AvgIpc) is 2.77. The van der Waals surface area contributed by atoms with Crippen molar-refractivity contribution >= 4 is 11.9 Å². The van der Waals surface area contributed by atoms with Crippen LogP contribution in [0.3, 0.4) is 0 Å². The minimum absolute atomic E-state index is 0.00593. The van der Waals surface area contributed by atoms with Gasteiger partial charge in [-0.15, -0.1) is 0 Å². The molecule has 6 nitrogen and oxygen atoms in total. The van der Waals surface area contributed by atoms with E-state index >= 15 is 0 Å². The molecule has 1 spiro atoms. The highest BCUT2D eigenvalue weighted by atomic mass is 16.5. The Hall–Kier alpha value is -1.92. The molecule has 0 unspecified atom stereocenters. The zero-order valence-electron chi connectivity index (χ0n) is 16.4. The molecular formula is C21H30N2O4. The van der Waals surface area contributed by atoms with Crippen molar-refractivity contribution in [3.8, 4) is 0 Å². The van der Waals surface area contributed by atoms with Crippen LogP contribution in [-0.4, -0.2) is 46.7 Å². The predicted molar refractivity (Wildman–Crippen MR) is 102 cm³/mol. The van der Waals surface area contributed by atoms with E-state index in [9.17, 15) is 14.7 Å². The van der Waals surface area contributed by atoms with Gasteiger partial charge in [0.15, 0.2) is 0 Å². The first-order chi connectivity index (χ1) is 12.7. The first kappa shape index (κ1) is 19.8. The third-order valence-electron chi connectivity index (χ3n) is 5.44. The summed E-state index contributed by atoms with van der Waals surface area (Å²) >= 11 is 0. The van der Waals surface area contributed by atoms with Gasteiger partial charge in [0, 0.05) is 0 Å². The third kappa shape index (κ3) is 4.50. The summed E-state index contributed by atoms with van der Waals surface area (Å²) in [6.45, 7) is 6.80. The molecule has 3 atom stereocenters. The van der Waals surface area contributed by atoms with Crippen molar-refractivity contribution in [2.75, 3.05) is 13.2 Å². The monoisotopic (exact) mass is 374 g/mol. The van der Waals surface area contributed by atoms with Gasteiger partial charge < -0.3 is 15.2 Å². The van der Waals surface area contributed by atoms with E-state index in [0.717, 1.165) is 16.9 Å². The lowest BCUT2D eigenvalue weighted by Gasteiger charge is -2.43. The van der Waals surface area contributed by atoms with Crippen LogP contribution in [0.5, 0.6) is 0 Å². The fourth-order valence-corrected chi connectivity index (χ4v) is 4.82. The Labute approximate surface area is 160 Å². The standard InChI is InChI=1S/C21H30N2O4/c1-15-9-20(2,3)14-21(10-15)18(25)23(19(26)22-21)11-17(24)13-27-12-16-7-5-4-6-8-16/h4-8,15,17,24H,9-14H2,1-3H3,(H,22,26)/t15-,17-,21+/m1/s1. The van der Waals surface area contributed by atoms with E-state index < -0.39 is 17.7 Å². The number of nitrogens with zero attached hydrogens (tertiary/aromatic N) is 1. The molecule has 0 bridgehead atoms. The number of aliphatic hydroxyl groups is 1. The molecule has 1 heterocycles. The Morgan fingerprint density at radius 1 is 1.26 bits per heavy atom. The first-order valence-corrected chi connectivity index (χ1v) is 9.65. The van der Waals surface area contributed by atoms with Crippen molar-refractivity contribution in [2.45, 2.75) is 58.3 Å². The van der Waals surface area contributed by atoms with Crippen LogP contribution in [-0.2, 0) is 16.1 Å². The smallest absolute Gasteiger partial charge is 0.325 e. The van der Waals surface area contributed by atoms with Crippen LogP contribution in [0.15, 0.2) is 30.3 Å². The van der Waals surface area contributed by atoms with Crippen LogP contribution >= 0.6 is 0 Å². The van der Waals surface area contributed by atoms with E-state index in [1.54, 1.807) is 0 Å². The van der Waals surface area contributed by atoms with Crippen LogP contribution in [0.4, 0.5) is 4.79 Å². The lowest BCUT2D eigenvalue weighted by atomic mass is 9.64. The van der Waals surface area contributed by atoms with Gasteiger partial charge in [0.25, 0.3) is 5.91 Å². The summed E-state index contributed by atoms with van der Waals surface area (Å²) in [5, 5.41) is 13.2. The zero-order chi connectivity index (χ0) is 19.7. The second-order valence-electron chi connectivity index (χ2n) is 8.94. The molecule has 1 aromatic rings. The Balaban J connectivity index is 1.57. The molecule has 1 saturated carbocycles.